The number of carbonyl (C=O) groups excluding carboxylic acids is 1. The second-order valence-corrected chi connectivity index (χ2v) is 4.19. The number of primary amides is 1. The topological polar surface area (TPSA) is 52.3 Å². The number of benzene rings is 1. The highest BCUT2D eigenvalue weighted by molar-refractivity contribution is 5.74. The van der Waals surface area contributed by atoms with E-state index in [-0.39, 0.29) is 5.91 Å². The van der Waals surface area contributed by atoms with Crippen molar-refractivity contribution >= 4 is 5.91 Å². The Balaban J connectivity index is 2.88. The Labute approximate surface area is 96.6 Å². The van der Waals surface area contributed by atoms with Gasteiger partial charge >= 0.3 is 0 Å². The molecule has 0 unspecified atom stereocenters. The van der Waals surface area contributed by atoms with E-state index in [1.54, 1.807) is 7.11 Å². The molecule has 0 aromatic heterocycles. The van der Waals surface area contributed by atoms with E-state index in [9.17, 15) is 4.79 Å². The van der Waals surface area contributed by atoms with E-state index in [4.69, 9.17) is 10.5 Å². The van der Waals surface area contributed by atoms with Gasteiger partial charge in [-0.1, -0.05) is 26.0 Å². The average molecular weight is 221 g/mol. The minimum Gasteiger partial charge on any atom is -0.496 e. The highest BCUT2D eigenvalue weighted by atomic mass is 16.5. The van der Waals surface area contributed by atoms with Gasteiger partial charge in [-0.2, -0.15) is 0 Å². The summed E-state index contributed by atoms with van der Waals surface area (Å²) < 4.78 is 5.32. The number of amides is 1. The maximum atomic E-state index is 10.7. The third-order valence-electron chi connectivity index (χ3n) is 2.62. The number of methoxy groups -OCH3 is 1. The zero-order valence-electron chi connectivity index (χ0n) is 10.1. The predicted octanol–water partition coefficient (Wildman–Crippen LogP) is 2.24. The Morgan fingerprint density at radius 3 is 2.62 bits per heavy atom. The molecule has 3 heteroatoms. The lowest BCUT2D eigenvalue weighted by molar-refractivity contribution is -0.117. The van der Waals surface area contributed by atoms with Crippen molar-refractivity contribution in [2.75, 3.05) is 7.11 Å². The molecule has 0 aliphatic rings. The van der Waals surface area contributed by atoms with Gasteiger partial charge < -0.3 is 10.5 Å². The molecule has 0 bridgehead atoms. The quantitative estimate of drug-likeness (QED) is 0.829. The largest absolute Gasteiger partial charge is 0.496 e. The zero-order valence-corrected chi connectivity index (χ0v) is 10.1. The van der Waals surface area contributed by atoms with Gasteiger partial charge in [-0.05, 0) is 29.5 Å². The van der Waals surface area contributed by atoms with Crippen molar-refractivity contribution in [3.8, 4) is 5.75 Å². The summed E-state index contributed by atoms with van der Waals surface area (Å²) in [5.41, 5.74) is 7.40. The van der Waals surface area contributed by atoms with Gasteiger partial charge in [0.05, 0.1) is 7.11 Å². The van der Waals surface area contributed by atoms with Gasteiger partial charge in [0.1, 0.15) is 5.75 Å². The van der Waals surface area contributed by atoms with Crippen LogP contribution in [-0.4, -0.2) is 13.0 Å². The number of carbonyl (C=O) groups is 1. The fourth-order valence-electron chi connectivity index (χ4n) is 1.58. The number of rotatable bonds is 5. The van der Waals surface area contributed by atoms with Crippen molar-refractivity contribution in [1.82, 2.24) is 0 Å². The fraction of sp³-hybridized carbons (Fsp3) is 0.462. The molecule has 0 radical (unpaired) electrons. The summed E-state index contributed by atoms with van der Waals surface area (Å²) in [5, 5.41) is 0. The minimum atomic E-state index is -0.282. The number of nitrogens with two attached hydrogens (primary N) is 1. The van der Waals surface area contributed by atoms with Crippen LogP contribution in [0.5, 0.6) is 5.75 Å². The third-order valence-corrected chi connectivity index (χ3v) is 2.62. The van der Waals surface area contributed by atoms with Crippen LogP contribution in [-0.2, 0) is 11.2 Å². The molecule has 0 aliphatic heterocycles. The first kappa shape index (κ1) is 12.6. The van der Waals surface area contributed by atoms with E-state index in [0.717, 1.165) is 11.3 Å². The first-order valence-electron chi connectivity index (χ1n) is 5.49. The Morgan fingerprint density at radius 2 is 2.12 bits per heavy atom. The number of hydrogen-bond donors (Lipinski definition) is 1. The second kappa shape index (κ2) is 5.54. The van der Waals surface area contributed by atoms with Gasteiger partial charge in [0.2, 0.25) is 5.91 Å². The van der Waals surface area contributed by atoms with Gasteiger partial charge in [0.15, 0.2) is 0 Å². The lowest BCUT2D eigenvalue weighted by Gasteiger charge is -2.12. The van der Waals surface area contributed by atoms with Crippen molar-refractivity contribution in [1.29, 1.82) is 0 Å². The standard InChI is InChI=1S/C13H19NO2/c1-9(2)11-5-4-10(6-7-13(14)15)12(8-11)16-3/h4-5,8-9H,6-7H2,1-3H3,(H2,14,15). The molecule has 0 fully saturated rings. The van der Waals surface area contributed by atoms with Gasteiger partial charge in [0.25, 0.3) is 0 Å². The SMILES string of the molecule is COc1cc(C(C)C)ccc1CCC(N)=O. The molecule has 1 aromatic carbocycles. The molecule has 0 aliphatic carbocycles. The Hall–Kier alpha value is -1.51. The second-order valence-electron chi connectivity index (χ2n) is 4.19. The van der Waals surface area contributed by atoms with E-state index in [0.29, 0.717) is 18.8 Å². The van der Waals surface area contributed by atoms with Crippen LogP contribution in [0.1, 0.15) is 37.3 Å². The summed E-state index contributed by atoms with van der Waals surface area (Å²) in [6.07, 6.45) is 0.994. The monoisotopic (exact) mass is 221 g/mol. The van der Waals surface area contributed by atoms with Crippen molar-refractivity contribution in [3.63, 3.8) is 0 Å². The van der Waals surface area contributed by atoms with E-state index in [1.807, 2.05) is 12.1 Å². The Bertz CT molecular complexity index is 372. The van der Waals surface area contributed by atoms with Crippen LogP contribution < -0.4 is 10.5 Å². The predicted molar refractivity (Wildman–Crippen MR) is 64.6 cm³/mol. The third kappa shape index (κ3) is 3.26. The average Bonchev–Trinajstić information content (AvgIpc) is 2.25. The molecule has 1 aromatic rings. The summed E-state index contributed by atoms with van der Waals surface area (Å²) in [7, 11) is 1.65. The van der Waals surface area contributed by atoms with Crippen molar-refractivity contribution in [3.05, 3.63) is 29.3 Å². The van der Waals surface area contributed by atoms with Crippen molar-refractivity contribution in [2.45, 2.75) is 32.6 Å². The van der Waals surface area contributed by atoms with Crippen molar-refractivity contribution in [2.24, 2.45) is 5.73 Å². The summed E-state index contributed by atoms with van der Waals surface area (Å²) in [6.45, 7) is 4.27. The summed E-state index contributed by atoms with van der Waals surface area (Å²) >= 11 is 0. The molecule has 3 nitrogen and oxygen atoms in total. The Morgan fingerprint density at radius 1 is 1.44 bits per heavy atom. The lowest BCUT2D eigenvalue weighted by atomic mass is 9.99. The number of ether oxygens (including phenoxy) is 1. The van der Waals surface area contributed by atoms with Crippen LogP contribution in [0.2, 0.25) is 0 Å². The molecular formula is C13H19NO2. The van der Waals surface area contributed by atoms with Crippen LogP contribution in [0.15, 0.2) is 18.2 Å². The van der Waals surface area contributed by atoms with Gasteiger partial charge in [-0.25, -0.2) is 0 Å². The van der Waals surface area contributed by atoms with E-state index < -0.39 is 0 Å². The first-order valence-corrected chi connectivity index (χ1v) is 5.49. The fourth-order valence-corrected chi connectivity index (χ4v) is 1.58. The first-order chi connectivity index (χ1) is 7.54. The molecule has 0 saturated heterocycles. The molecule has 1 amide bonds. The molecule has 88 valence electrons. The molecule has 0 spiro atoms. The molecule has 0 heterocycles. The molecular weight excluding hydrogens is 202 g/mol. The zero-order chi connectivity index (χ0) is 12.1. The summed E-state index contributed by atoms with van der Waals surface area (Å²) in [4.78, 5) is 10.7. The van der Waals surface area contributed by atoms with Gasteiger partial charge in [0, 0.05) is 6.42 Å². The van der Waals surface area contributed by atoms with Gasteiger partial charge in [-0.3, -0.25) is 4.79 Å². The van der Waals surface area contributed by atoms with Crippen LogP contribution in [0, 0.1) is 0 Å². The minimum absolute atomic E-state index is 0.282. The summed E-state index contributed by atoms with van der Waals surface area (Å²) in [6, 6.07) is 6.11. The van der Waals surface area contributed by atoms with Gasteiger partial charge in [-0.15, -0.1) is 0 Å². The van der Waals surface area contributed by atoms with E-state index in [1.165, 1.54) is 5.56 Å². The molecule has 16 heavy (non-hydrogen) atoms. The highest BCUT2D eigenvalue weighted by Crippen LogP contribution is 2.25. The van der Waals surface area contributed by atoms with Crippen molar-refractivity contribution < 1.29 is 9.53 Å². The van der Waals surface area contributed by atoms with Crippen LogP contribution in [0.25, 0.3) is 0 Å². The molecule has 2 N–H and O–H groups in total. The smallest absolute Gasteiger partial charge is 0.217 e. The molecule has 1 rings (SSSR count). The lowest BCUT2D eigenvalue weighted by Crippen LogP contribution is -2.11. The Kier molecular flexibility index (Phi) is 4.35. The maximum Gasteiger partial charge on any atom is 0.217 e. The maximum absolute atomic E-state index is 10.7. The van der Waals surface area contributed by atoms with Crippen LogP contribution in [0.3, 0.4) is 0 Å². The highest BCUT2D eigenvalue weighted by Gasteiger charge is 2.07. The van der Waals surface area contributed by atoms with E-state index >= 15 is 0 Å². The van der Waals surface area contributed by atoms with Crippen LogP contribution >= 0.6 is 0 Å². The number of hydrogen-bond acceptors (Lipinski definition) is 2. The normalized spacial score (nSPS) is 10.5. The summed E-state index contributed by atoms with van der Waals surface area (Å²) in [5.74, 6) is 1.03. The number of aryl methyl sites for hydroxylation is 1. The van der Waals surface area contributed by atoms with Crippen LogP contribution in [0.4, 0.5) is 0 Å². The molecule has 0 atom stereocenters. The van der Waals surface area contributed by atoms with E-state index in [2.05, 4.69) is 19.9 Å². The molecule has 0 saturated carbocycles.